The van der Waals surface area contributed by atoms with Crippen molar-refractivity contribution >= 4 is 28.4 Å². The molecule has 0 aliphatic carbocycles. The van der Waals surface area contributed by atoms with E-state index in [0.29, 0.717) is 16.1 Å². The van der Waals surface area contributed by atoms with Crippen molar-refractivity contribution in [3.8, 4) is 0 Å². The maximum Gasteiger partial charge on any atom is 0.224 e. The van der Waals surface area contributed by atoms with Gasteiger partial charge in [-0.25, -0.2) is 4.39 Å². The lowest BCUT2D eigenvalue weighted by atomic mass is 10.1. The van der Waals surface area contributed by atoms with Crippen LogP contribution in [0.4, 0.5) is 4.39 Å². The molecule has 0 aliphatic rings. The van der Waals surface area contributed by atoms with Crippen molar-refractivity contribution in [3.63, 3.8) is 0 Å². The van der Waals surface area contributed by atoms with E-state index in [4.69, 9.17) is 11.6 Å². The first kappa shape index (κ1) is 16.5. The number of hydrogen-bond acceptors (Lipinski definition) is 2. The average molecular weight is 347 g/mol. The van der Waals surface area contributed by atoms with Crippen molar-refractivity contribution < 1.29 is 14.3 Å². The number of hydrogen-bond donors (Lipinski definition) is 3. The van der Waals surface area contributed by atoms with Crippen LogP contribution in [-0.4, -0.2) is 22.5 Å². The Morgan fingerprint density at radius 1 is 1.25 bits per heavy atom. The Morgan fingerprint density at radius 2 is 2.00 bits per heavy atom. The van der Waals surface area contributed by atoms with Gasteiger partial charge < -0.3 is 15.4 Å². The van der Waals surface area contributed by atoms with Gasteiger partial charge in [-0.3, -0.25) is 4.79 Å². The number of rotatable bonds is 5. The summed E-state index contributed by atoms with van der Waals surface area (Å²) < 4.78 is 13.2. The summed E-state index contributed by atoms with van der Waals surface area (Å²) in [4.78, 5) is 15.0. The maximum atomic E-state index is 13.2. The third-order valence-electron chi connectivity index (χ3n) is 3.83. The fraction of sp³-hybridized carbons (Fsp3) is 0.167. The van der Waals surface area contributed by atoms with Crippen molar-refractivity contribution in [2.75, 3.05) is 6.54 Å². The van der Waals surface area contributed by atoms with Gasteiger partial charge in [0, 0.05) is 28.7 Å². The highest BCUT2D eigenvalue weighted by molar-refractivity contribution is 6.30. The molecule has 1 heterocycles. The third kappa shape index (κ3) is 3.75. The van der Waals surface area contributed by atoms with Gasteiger partial charge >= 0.3 is 0 Å². The van der Waals surface area contributed by atoms with Crippen molar-refractivity contribution in [1.82, 2.24) is 10.3 Å². The van der Waals surface area contributed by atoms with Crippen LogP contribution >= 0.6 is 11.6 Å². The molecule has 6 heteroatoms. The first-order chi connectivity index (χ1) is 11.5. The molecule has 1 aromatic heterocycles. The lowest BCUT2D eigenvalue weighted by Gasteiger charge is -2.12. The van der Waals surface area contributed by atoms with Gasteiger partial charge in [-0.2, -0.15) is 0 Å². The zero-order chi connectivity index (χ0) is 17.1. The first-order valence-corrected chi connectivity index (χ1v) is 7.86. The number of amides is 1. The highest BCUT2D eigenvalue weighted by Crippen LogP contribution is 2.20. The largest absolute Gasteiger partial charge is 0.387 e. The second kappa shape index (κ2) is 7.03. The molecule has 0 radical (unpaired) electrons. The number of fused-ring (bicyclic) bond motifs is 1. The Morgan fingerprint density at radius 3 is 2.75 bits per heavy atom. The average Bonchev–Trinajstić information content (AvgIpc) is 2.95. The van der Waals surface area contributed by atoms with Crippen LogP contribution < -0.4 is 5.32 Å². The molecule has 3 N–H and O–H groups in total. The normalized spacial score (nSPS) is 12.3. The van der Waals surface area contributed by atoms with Crippen LogP contribution in [0.2, 0.25) is 5.02 Å². The number of aromatic nitrogens is 1. The molecule has 24 heavy (non-hydrogen) atoms. The topological polar surface area (TPSA) is 65.1 Å². The summed E-state index contributed by atoms with van der Waals surface area (Å²) in [6.07, 6.45) is 1.04. The number of aliphatic hydroxyl groups is 1. The SMILES string of the molecule is O=C(Cc1c[nH]c2cc(F)ccc12)NCC(O)c1ccc(Cl)cc1. The monoisotopic (exact) mass is 346 g/mol. The summed E-state index contributed by atoms with van der Waals surface area (Å²) in [5, 5.41) is 14.2. The van der Waals surface area contributed by atoms with Gasteiger partial charge in [-0.1, -0.05) is 23.7 Å². The quantitative estimate of drug-likeness (QED) is 0.663. The Hall–Kier alpha value is -2.37. The number of carbonyl (C=O) groups is 1. The maximum absolute atomic E-state index is 13.2. The van der Waals surface area contributed by atoms with Gasteiger partial charge in [-0.05, 0) is 41.5 Å². The van der Waals surface area contributed by atoms with Crippen molar-refractivity contribution in [1.29, 1.82) is 0 Å². The molecule has 4 nitrogen and oxygen atoms in total. The minimum absolute atomic E-state index is 0.109. The van der Waals surface area contributed by atoms with E-state index < -0.39 is 6.10 Å². The molecule has 3 rings (SSSR count). The molecule has 0 spiro atoms. The summed E-state index contributed by atoms with van der Waals surface area (Å²) >= 11 is 5.80. The Kier molecular flexibility index (Phi) is 4.83. The summed E-state index contributed by atoms with van der Waals surface area (Å²) in [7, 11) is 0. The van der Waals surface area contributed by atoms with E-state index in [0.717, 1.165) is 10.9 Å². The highest BCUT2D eigenvalue weighted by Gasteiger charge is 2.12. The molecule has 3 aromatic rings. The Balaban J connectivity index is 1.59. The minimum Gasteiger partial charge on any atom is -0.387 e. The van der Waals surface area contributed by atoms with Crippen molar-refractivity contribution in [2.24, 2.45) is 0 Å². The van der Waals surface area contributed by atoms with E-state index in [2.05, 4.69) is 10.3 Å². The molecule has 1 amide bonds. The first-order valence-electron chi connectivity index (χ1n) is 7.48. The number of benzene rings is 2. The zero-order valence-electron chi connectivity index (χ0n) is 12.7. The molecule has 124 valence electrons. The molecule has 0 saturated heterocycles. The number of aliphatic hydroxyl groups excluding tert-OH is 1. The molecule has 0 aliphatic heterocycles. The van der Waals surface area contributed by atoms with Crippen molar-refractivity contribution in [3.05, 3.63) is 70.6 Å². The van der Waals surface area contributed by atoms with Crippen LogP contribution in [0.5, 0.6) is 0 Å². The molecule has 0 fully saturated rings. The van der Waals surface area contributed by atoms with Crippen molar-refractivity contribution in [2.45, 2.75) is 12.5 Å². The lowest BCUT2D eigenvalue weighted by molar-refractivity contribution is -0.120. The van der Waals surface area contributed by atoms with Crippen LogP contribution in [0, 0.1) is 5.82 Å². The van der Waals surface area contributed by atoms with E-state index in [9.17, 15) is 14.3 Å². The van der Waals surface area contributed by atoms with E-state index in [1.54, 1.807) is 36.5 Å². The molecule has 2 aromatic carbocycles. The van der Waals surface area contributed by atoms with E-state index in [-0.39, 0.29) is 24.7 Å². The van der Waals surface area contributed by atoms with Gasteiger partial charge in [0.15, 0.2) is 0 Å². The lowest BCUT2D eigenvalue weighted by Crippen LogP contribution is -2.29. The Bertz CT molecular complexity index is 861. The minimum atomic E-state index is -0.803. The number of aromatic amines is 1. The molecular weight excluding hydrogens is 331 g/mol. The summed E-state index contributed by atoms with van der Waals surface area (Å²) in [5.74, 6) is -0.542. The van der Waals surface area contributed by atoms with E-state index in [1.807, 2.05) is 0 Å². The molecule has 0 saturated carbocycles. The van der Waals surface area contributed by atoms with E-state index >= 15 is 0 Å². The third-order valence-corrected chi connectivity index (χ3v) is 4.08. The van der Waals surface area contributed by atoms with Crippen LogP contribution in [0.15, 0.2) is 48.7 Å². The van der Waals surface area contributed by atoms with Crippen LogP contribution in [0.25, 0.3) is 10.9 Å². The summed E-state index contributed by atoms with van der Waals surface area (Å²) in [6.45, 7) is 0.109. The fourth-order valence-corrected chi connectivity index (χ4v) is 2.68. The van der Waals surface area contributed by atoms with Crippen LogP contribution in [0.1, 0.15) is 17.2 Å². The van der Waals surface area contributed by atoms with Crippen LogP contribution in [-0.2, 0) is 11.2 Å². The molecule has 1 unspecified atom stereocenters. The predicted molar refractivity (Wildman–Crippen MR) is 91.4 cm³/mol. The van der Waals surface area contributed by atoms with Crippen LogP contribution in [0.3, 0.4) is 0 Å². The highest BCUT2D eigenvalue weighted by atomic mass is 35.5. The van der Waals surface area contributed by atoms with Gasteiger partial charge in [-0.15, -0.1) is 0 Å². The Labute approximate surface area is 143 Å². The number of nitrogens with one attached hydrogen (secondary N) is 2. The second-order valence-electron chi connectivity index (χ2n) is 5.55. The van der Waals surface area contributed by atoms with Gasteiger partial charge in [0.25, 0.3) is 0 Å². The predicted octanol–water partition coefficient (Wildman–Crippen LogP) is 3.35. The van der Waals surface area contributed by atoms with Gasteiger partial charge in [0.1, 0.15) is 5.82 Å². The zero-order valence-corrected chi connectivity index (χ0v) is 13.5. The number of halogens is 2. The van der Waals surface area contributed by atoms with Gasteiger partial charge in [0.05, 0.1) is 12.5 Å². The standard InChI is InChI=1S/C18H16ClFN2O2/c19-13-3-1-11(2-4-13)17(23)10-22-18(24)7-12-9-21-16-8-14(20)5-6-15(12)16/h1-6,8-9,17,21,23H,7,10H2,(H,22,24). The molecular formula is C18H16ClFN2O2. The fourth-order valence-electron chi connectivity index (χ4n) is 2.55. The summed E-state index contributed by atoms with van der Waals surface area (Å²) in [5.41, 5.74) is 2.12. The number of H-pyrrole nitrogens is 1. The summed E-state index contributed by atoms with van der Waals surface area (Å²) in [6, 6.07) is 11.2. The number of carbonyl (C=O) groups excluding carboxylic acids is 1. The van der Waals surface area contributed by atoms with E-state index in [1.165, 1.54) is 12.1 Å². The van der Waals surface area contributed by atoms with Gasteiger partial charge in [0.2, 0.25) is 5.91 Å². The second-order valence-corrected chi connectivity index (χ2v) is 5.99. The molecule has 1 atom stereocenters. The smallest absolute Gasteiger partial charge is 0.224 e. The molecule has 0 bridgehead atoms.